The fourth-order valence-electron chi connectivity index (χ4n) is 2.40. The highest BCUT2D eigenvalue weighted by Crippen LogP contribution is 2.36. The van der Waals surface area contributed by atoms with Gasteiger partial charge in [-0.05, 0) is 36.4 Å². The predicted molar refractivity (Wildman–Crippen MR) is 86.3 cm³/mol. The minimum atomic E-state index is -4.52. The van der Waals surface area contributed by atoms with E-state index in [-0.39, 0.29) is 22.6 Å². The number of imidazole rings is 1. The number of nitrogens with zero attached hydrogens (tertiary/aromatic N) is 1. The Hall–Kier alpha value is -3.37. The molecule has 0 aliphatic carbocycles. The van der Waals surface area contributed by atoms with Gasteiger partial charge >= 0.3 is 18.3 Å². The van der Waals surface area contributed by atoms with Crippen LogP contribution in [0.4, 0.5) is 22.0 Å². The van der Waals surface area contributed by atoms with E-state index in [9.17, 15) is 26.7 Å². The summed E-state index contributed by atoms with van der Waals surface area (Å²) in [5.74, 6) is -3.07. The number of benzene rings is 2. The second kappa shape index (κ2) is 6.66. The lowest BCUT2D eigenvalue weighted by molar-refractivity contribution is -0.211. The molecule has 28 heavy (non-hydrogen) atoms. The molecule has 2 aromatic carbocycles. The average molecular weight is 402 g/mol. The standard InChI is InChI=1S/C17H11F5N2O4/c1-27-13-6-8(2-5-12(13)28-17(21,22)15(25)26)14-23-10-4-3-9(16(18,19)20)7-11(10)24-14/h2-7H,1H3,(H,23,24)(H,25,26). The van der Waals surface area contributed by atoms with Crippen molar-refractivity contribution in [2.45, 2.75) is 12.3 Å². The number of aliphatic carboxylic acids is 1. The van der Waals surface area contributed by atoms with Crippen LogP contribution in [0.3, 0.4) is 0 Å². The number of halogens is 5. The molecule has 11 heteroatoms. The van der Waals surface area contributed by atoms with Crippen LogP contribution in [0.25, 0.3) is 22.4 Å². The highest BCUT2D eigenvalue weighted by molar-refractivity contribution is 5.80. The molecule has 1 heterocycles. The van der Waals surface area contributed by atoms with Crippen molar-refractivity contribution in [3.63, 3.8) is 0 Å². The molecule has 1 aromatic heterocycles. The van der Waals surface area contributed by atoms with Gasteiger partial charge in [-0.1, -0.05) is 0 Å². The summed E-state index contributed by atoms with van der Waals surface area (Å²) >= 11 is 0. The fraction of sp³-hybridized carbons (Fsp3) is 0.176. The van der Waals surface area contributed by atoms with Gasteiger partial charge < -0.3 is 19.6 Å². The van der Waals surface area contributed by atoms with Crippen LogP contribution in [-0.2, 0) is 11.0 Å². The molecule has 0 aliphatic rings. The second-order valence-electron chi connectivity index (χ2n) is 5.60. The zero-order valence-corrected chi connectivity index (χ0v) is 14.0. The molecule has 0 spiro atoms. The van der Waals surface area contributed by atoms with Gasteiger partial charge in [0.15, 0.2) is 11.5 Å². The summed E-state index contributed by atoms with van der Waals surface area (Å²) in [7, 11) is 1.15. The van der Waals surface area contributed by atoms with E-state index in [4.69, 9.17) is 9.84 Å². The third kappa shape index (κ3) is 3.68. The Bertz CT molecular complexity index is 1050. The first kappa shape index (κ1) is 19.4. The first-order valence-electron chi connectivity index (χ1n) is 7.57. The molecule has 0 radical (unpaired) electrons. The van der Waals surface area contributed by atoms with Gasteiger partial charge in [0.25, 0.3) is 0 Å². The first-order valence-corrected chi connectivity index (χ1v) is 7.57. The number of nitrogens with one attached hydrogen (secondary N) is 1. The Morgan fingerprint density at radius 2 is 1.79 bits per heavy atom. The molecule has 0 unspecified atom stereocenters. The molecule has 0 atom stereocenters. The van der Waals surface area contributed by atoms with Crippen molar-refractivity contribution in [1.29, 1.82) is 0 Å². The molecule has 0 aliphatic heterocycles. The lowest BCUT2D eigenvalue weighted by Gasteiger charge is -2.16. The maximum absolute atomic E-state index is 13.3. The zero-order chi connectivity index (χ0) is 20.7. The van der Waals surface area contributed by atoms with Crippen molar-refractivity contribution in [2.24, 2.45) is 0 Å². The van der Waals surface area contributed by atoms with Crippen LogP contribution < -0.4 is 9.47 Å². The number of methoxy groups -OCH3 is 1. The van der Waals surface area contributed by atoms with Crippen LogP contribution >= 0.6 is 0 Å². The van der Waals surface area contributed by atoms with Gasteiger partial charge in [-0.3, -0.25) is 0 Å². The number of alkyl halides is 5. The third-order valence-corrected chi connectivity index (χ3v) is 3.73. The monoisotopic (exact) mass is 402 g/mol. The summed E-state index contributed by atoms with van der Waals surface area (Å²) in [6.45, 7) is 0. The summed E-state index contributed by atoms with van der Waals surface area (Å²) in [6.07, 6.45) is -8.99. The minimum Gasteiger partial charge on any atom is -0.493 e. The molecule has 3 aromatic rings. The van der Waals surface area contributed by atoms with Crippen molar-refractivity contribution < 1.29 is 41.3 Å². The van der Waals surface area contributed by atoms with Crippen LogP contribution in [-0.4, -0.2) is 34.3 Å². The topological polar surface area (TPSA) is 84.4 Å². The number of aromatic amines is 1. The number of aromatic nitrogens is 2. The first-order chi connectivity index (χ1) is 13.0. The fourth-order valence-corrected chi connectivity index (χ4v) is 2.40. The third-order valence-electron chi connectivity index (χ3n) is 3.73. The van der Waals surface area contributed by atoms with Crippen molar-refractivity contribution in [1.82, 2.24) is 9.97 Å². The van der Waals surface area contributed by atoms with E-state index in [1.807, 2.05) is 0 Å². The van der Waals surface area contributed by atoms with Gasteiger partial charge in [0.05, 0.1) is 23.7 Å². The Morgan fingerprint density at radius 3 is 2.39 bits per heavy atom. The molecule has 0 fully saturated rings. The summed E-state index contributed by atoms with van der Waals surface area (Å²) in [5, 5.41) is 8.45. The van der Waals surface area contributed by atoms with Crippen LogP contribution in [0.5, 0.6) is 11.5 Å². The van der Waals surface area contributed by atoms with Crippen molar-refractivity contribution in [3.05, 3.63) is 42.0 Å². The molecule has 148 valence electrons. The summed E-state index contributed by atoms with van der Waals surface area (Å²) < 4.78 is 74.1. The number of rotatable bonds is 5. The van der Waals surface area contributed by atoms with Gasteiger partial charge in [-0.25, -0.2) is 9.78 Å². The maximum Gasteiger partial charge on any atom is 0.502 e. The van der Waals surface area contributed by atoms with E-state index in [0.29, 0.717) is 5.56 Å². The quantitative estimate of drug-likeness (QED) is 0.622. The Balaban J connectivity index is 1.99. The highest BCUT2D eigenvalue weighted by Gasteiger charge is 2.43. The number of carboxylic acids is 1. The molecular formula is C17H11F5N2O4. The van der Waals surface area contributed by atoms with E-state index in [2.05, 4.69) is 14.7 Å². The Morgan fingerprint density at radius 1 is 1.07 bits per heavy atom. The average Bonchev–Trinajstić information content (AvgIpc) is 3.04. The Labute approximate surface area is 153 Å². The lowest BCUT2D eigenvalue weighted by atomic mass is 10.2. The van der Waals surface area contributed by atoms with Gasteiger partial charge in [0.1, 0.15) is 5.82 Å². The number of carbonyl (C=O) groups is 1. The number of carboxylic acid groups (broad SMARTS) is 1. The molecule has 0 bridgehead atoms. The molecule has 0 saturated heterocycles. The van der Waals surface area contributed by atoms with Crippen molar-refractivity contribution >= 4 is 17.0 Å². The van der Waals surface area contributed by atoms with E-state index in [1.54, 1.807) is 0 Å². The lowest BCUT2D eigenvalue weighted by Crippen LogP contribution is -2.34. The zero-order valence-electron chi connectivity index (χ0n) is 14.0. The number of ether oxygens (including phenoxy) is 2. The second-order valence-corrected chi connectivity index (χ2v) is 5.60. The molecule has 2 N–H and O–H groups in total. The summed E-state index contributed by atoms with van der Waals surface area (Å²) in [4.78, 5) is 17.4. The van der Waals surface area contributed by atoms with E-state index < -0.39 is 29.6 Å². The van der Waals surface area contributed by atoms with Gasteiger partial charge in [0, 0.05) is 5.56 Å². The smallest absolute Gasteiger partial charge is 0.493 e. The molecule has 0 saturated carbocycles. The predicted octanol–water partition coefficient (Wildman–Crippen LogP) is 4.31. The normalized spacial score (nSPS) is 12.2. The SMILES string of the molecule is COc1cc(-c2nc3ccc(C(F)(F)F)cc3[nH]2)ccc1OC(F)(F)C(=O)O. The maximum atomic E-state index is 13.3. The van der Waals surface area contributed by atoms with Gasteiger partial charge in [-0.2, -0.15) is 22.0 Å². The Kier molecular flexibility index (Phi) is 4.61. The van der Waals surface area contributed by atoms with Gasteiger partial charge in [-0.15, -0.1) is 0 Å². The number of hydrogen-bond donors (Lipinski definition) is 2. The van der Waals surface area contributed by atoms with Crippen LogP contribution in [0, 0.1) is 0 Å². The molecule has 6 nitrogen and oxygen atoms in total. The largest absolute Gasteiger partial charge is 0.502 e. The van der Waals surface area contributed by atoms with Crippen molar-refractivity contribution in [3.8, 4) is 22.9 Å². The summed E-state index contributed by atoms with van der Waals surface area (Å²) in [5.41, 5.74) is -0.165. The van der Waals surface area contributed by atoms with E-state index in [0.717, 1.165) is 25.3 Å². The molecule has 3 rings (SSSR count). The molecular weight excluding hydrogens is 391 g/mol. The van der Waals surface area contributed by atoms with Gasteiger partial charge in [0.2, 0.25) is 0 Å². The van der Waals surface area contributed by atoms with E-state index >= 15 is 0 Å². The van der Waals surface area contributed by atoms with Crippen molar-refractivity contribution in [2.75, 3.05) is 7.11 Å². The molecule has 0 amide bonds. The number of hydrogen-bond acceptors (Lipinski definition) is 4. The van der Waals surface area contributed by atoms with Crippen LogP contribution in [0.1, 0.15) is 5.56 Å². The van der Waals surface area contributed by atoms with Crippen LogP contribution in [0.2, 0.25) is 0 Å². The highest BCUT2D eigenvalue weighted by atomic mass is 19.4. The van der Waals surface area contributed by atoms with Crippen LogP contribution in [0.15, 0.2) is 36.4 Å². The summed E-state index contributed by atoms with van der Waals surface area (Å²) in [6, 6.07) is 6.53. The minimum absolute atomic E-state index is 0.126. The number of H-pyrrole nitrogens is 1. The number of fused-ring (bicyclic) bond motifs is 1. The van der Waals surface area contributed by atoms with E-state index in [1.165, 1.54) is 18.2 Å².